The number of carbonyl (C=O) groups excluding carboxylic acids is 1. The molecular formula is C20H17N3O2. The first-order valence-electron chi connectivity index (χ1n) is 8.35. The summed E-state index contributed by atoms with van der Waals surface area (Å²) in [6, 6.07) is 11.2. The van der Waals surface area contributed by atoms with E-state index in [1.165, 1.54) is 0 Å². The number of ether oxygens (including phenoxy) is 1. The van der Waals surface area contributed by atoms with Crippen LogP contribution in [0, 0.1) is 0 Å². The van der Waals surface area contributed by atoms with Crippen LogP contribution in [0.5, 0.6) is 11.6 Å². The van der Waals surface area contributed by atoms with E-state index in [1.807, 2.05) is 43.3 Å². The lowest BCUT2D eigenvalue weighted by atomic mass is 10.1. The van der Waals surface area contributed by atoms with Gasteiger partial charge in [0.05, 0.1) is 0 Å². The lowest BCUT2D eigenvalue weighted by Crippen LogP contribution is -1.98. The topological polar surface area (TPSA) is 65.0 Å². The Hall–Kier alpha value is -3.08. The monoisotopic (exact) mass is 331 g/mol. The molecule has 0 N–H and O–H groups in total. The van der Waals surface area contributed by atoms with Gasteiger partial charge in [-0.15, -0.1) is 0 Å². The van der Waals surface area contributed by atoms with Crippen molar-refractivity contribution in [3.05, 3.63) is 65.6 Å². The van der Waals surface area contributed by atoms with E-state index in [-0.39, 0.29) is 5.78 Å². The van der Waals surface area contributed by atoms with Crippen molar-refractivity contribution < 1.29 is 9.53 Å². The fraction of sp³-hybridized carbons (Fsp3) is 0.200. The molecule has 1 aliphatic rings. The number of aryl methyl sites for hydroxylation is 2. The average molecular weight is 331 g/mol. The summed E-state index contributed by atoms with van der Waals surface area (Å²) >= 11 is 0. The summed E-state index contributed by atoms with van der Waals surface area (Å²) < 4.78 is 5.97. The maximum atomic E-state index is 11.8. The number of rotatable bonds is 4. The van der Waals surface area contributed by atoms with Crippen molar-refractivity contribution in [3.8, 4) is 23.0 Å². The molecule has 0 radical (unpaired) electrons. The molecule has 2 aromatic heterocycles. The van der Waals surface area contributed by atoms with Gasteiger partial charge in [0.1, 0.15) is 5.75 Å². The Morgan fingerprint density at radius 3 is 2.68 bits per heavy atom. The smallest absolute Gasteiger partial charge is 0.223 e. The predicted molar refractivity (Wildman–Crippen MR) is 93.8 cm³/mol. The quantitative estimate of drug-likeness (QED) is 0.722. The SMILES string of the molecule is CCc1cc(Oc2ccc3c(c2)CCC3=O)nc(-c2ccncc2)n1. The molecule has 1 aliphatic carbocycles. The molecule has 0 saturated carbocycles. The van der Waals surface area contributed by atoms with E-state index in [1.54, 1.807) is 12.4 Å². The van der Waals surface area contributed by atoms with Gasteiger partial charge in [-0.3, -0.25) is 9.78 Å². The largest absolute Gasteiger partial charge is 0.439 e. The summed E-state index contributed by atoms with van der Waals surface area (Å²) in [5.41, 5.74) is 3.66. The molecule has 0 saturated heterocycles. The van der Waals surface area contributed by atoms with Gasteiger partial charge >= 0.3 is 0 Å². The van der Waals surface area contributed by atoms with E-state index in [2.05, 4.69) is 15.0 Å². The van der Waals surface area contributed by atoms with Crippen LogP contribution in [0.4, 0.5) is 0 Å². The van der Waals surface area contributed by atoms with Crippen molar-refractivity contribution in [2.75, 3.05) is 0 Å². The van der Waals surface area contributed by atoms with Gasteiger partial charge in [-0.25, -0.2) is 4.98 Å². The Kier molecular flexibility index (Phi) is 3.98. The number of aromatic nitrogens is 3. The molecule has 5 heteroatoms. The molecule has 25 heavy (non-hydrogen) atoms. The van der Waals surface area contributed by atoms with E-state index in [0.717, 1.165) is 35.2 Å². The van der Waals surface area contributed by atoms with Crippen molar-refractivity contribution in [1.82, 2.24) is 15.0 Å². The van der Waals surface area contributed by atoms with Gasteiger partial charge in [-0.1, -0.05) is 6.92 Å². The van der Waals surface area contributed by atoms with Crippen LogP contribution >= 0.6 is 0 Å². The lowest BCUT2D eigenvalue weighted by molar-refractivity contribution is 0.0994. The second kappa shape index (κ2) is 6.43. The van der Waals surface area contributed by atoms with Gasteiger partial charge < -0.3 is 4.74 Å². The molecule has 0 spiro atoms. The summed E-state index contributed by atoms with van der Waals surface area (Å²) in [6.45, 7) is 2.05. The molecule has 0 unspecified atom stereocenters. The minimum absolute atomic E-state index is 0.205. The number of Topliss-reactive ketones (excluding diaryl/α,β-unsaturated/α-hetero) is 1. The number of carbonyl (C=O) groups is 1. The summed E-state index contributed by atoms with van der Waals surface area (Å²) in [4.78, 5) is 24.9. The summed E-state index contributed by atoms with van der Waals surface area (Å²) in [5, 5.41) is 0. The Balaban J connectivity index is 1.67. The van der Waals surface area contributed by atoms with E-state index < -0.39 is 0 Å². The zero-order chi connectivity index (χ0) is 17.2. The van der Waals surface area contributed by atoms with E-state index in [0.29, 0.717) is 23.9 Å². The average Bonchev–Trinajstić information content (AvgIpc) is 3.02. The van der Waals surface area contributed by atoms with Crippen LogP contribution in [0.15, 0.2) is 48.8 Å². The molecule has 4 rings (SSSR count). The van der Waals surface area contributed by atoms with Crippen molar-refractivity contribution in [3.63, 3.8) is 0 Å². The number of ketones is 1. The van der Waals surface area contributed by atoms with E-state index in [4.69, 9.17) is 4.74 Å². The van der Waals surface area contributed by atoms with Crippen molar-refractivity contribution in [1.29, 1.82) is 0 Å². The highest BCUT2D eigenvalue weighted by atomic mass is 16.5. The Labute approximate surface area is 145 Å². The highest BCUT2D eigenvalue weighted by Gasteiger charge is 2.20. The van der Waals surface area contributed by atoms with Crippen LogP contribution in [0.3, 0.4) is 0 Å². The molecule has 2 heterocycles. The minimum Gasteiger partial charge on any atom is -0.439 e. The van der Waals surface area contributed by atoms with Gasteiger partial charge in [0.15, 0.2) is 11.6 Å². The molecule has 1 aromatic carbocycles. The molecule has 0 fully saturated rings. The number of hydrogen-bond donors (Lipinski definition) is 0. The first-order chi connectivity index (χ1) is 12.2. The van der Waals surface area contributed by atoms with Crippen LogP contribution in [0.25, 0.3) is 11.4 Å². The fourth-order valence-electron chi connectivity index (χ4n) is 2.95. The second-order valence-electron chi connectivity index (χ2n) is 5.95. The van der Waals surface area contributed by atoms with Crippen LogP contribution < -0.4 is 4.74 Å². The number of nitrogens with zero attached hydrogens (tertiary/aromatic N) is 3. The molecule has 124 valence electrons. The van der Waals surface area contributed by atoms with E-state index >= 15 is 0 Å². The number of hydrogen-bond acceptors (Lipinski definition) is 5. The van der Waals surface area contributed by atoms with Gasteiger partial charge in [0.25, 0.3) is 0 Å². The van der Waals surface area contributed by atoms with Crippen LogP contribution in [-0.4, -0.2) is 20.7 Å². The Bertz CT molecular complexity index is 939. The molecule has 0 amide bonds. The molecule has 3 aromatic rings. The molecule has 0 aliphatic heterocycles. The zero-order valence-electron chi connectivity index (χ0n) is 13.9. The Morgan fingerprint density at radius 1 is 1.04 bits per heavy atom. The van der Waals surface area contributed by atoms with Gasteiger partial charge in [-0.05, 0) is 48.7 Å². The normalized spacial score (nSPS) is 12.9. The van der Waals surface area contributed by atoms with Gasteiger partial charge in [0, 0.05) is 41.7 Å². The number of pyridine rings is 1. The minimum atomic E-state index is 0.205. The zero-order valence-corrected chi connectivity index (χ0v) is 13.9. The standard InChI is InChI=1S/C20H17N3O2/c1-2-15-12-19(23-20(22-15)13-7-9-21-10-8-13)25-16-4-5-17-14(11-16)3-6-18(17)24/h4-5,7-12H,2-3,6H2,1H3. The summed E-state index contributed by atoms with van der Waals surface area (Å²) in [7, 11) is 0. The molecule has 5 nitrogen and oxygen atoms in total. The van der Waals surface area contributed by atoms with E-state index in [9.17, 15) is 4.79 Å². The second-order valence-corrected chi connectivity index (χ2v) is 5.95. The molecule has 0 atom stereocenters. The summed E-state index contributed by atoms with van der Waals surface area (Å²) in [5.74, 6) is 2.02. The van der Waals surface area contributed by atoms with Gasteiger partial charge in [-0.2, -0.15) is 4.98 Å². The third-order valence-electron chi connectivity index (χ3n) is 4.28. The highest BCUT2D eigenvalue weighted by Crippen LogP contribution is 2.29. The number of fused-ring (bicyclic) bond motifs is 1. The fourth-order valence-corrected chi connectivity index (χ4v) is 2.95. The maximum absolute atomic E-state index is 11.8. The molecular weight excluding hydrogens is 314 g/mol. The number of benzene rings is 1. The first-order valence-corrected chi connectivity index (χ1v) is 8.35. The van der Waals surface area contributed by atoms with Crippen LogP contribution in [0.2, 0.25) is 0 Å². The molecule has 0 bridgehead atoms. The maximum Gasteiger partial charge on any atom is 0.223 e. The summed E-state index contributed by atoms with van der Waals surface area (Å²) in [6.07, 6.45) is 5.58. The van der Waals surface area contributed by atoms with Crippen molar-refractivity contribution in [2.24, 2.45) is 0 Å². The third-order valence-corrected chi connectivity index (χ3v) is 4.28. The van der Waals surface area contributed by atoms with Crippen LogP contribution in [0.1, 0.15) is 35.0 Å². The van der Waals surface area contributed by atoms with Gasteiger partial charge in [0.2, 0.25) is 5.88 Å². The van der Waals surface area contributed by atoms with Crippen molar-refractivity contribution in [2.45, 2.75) is 26.2 Å². The predicted octanol–water partition coefficient (Wildman–Crippen LogP) is 4.02. The Morgan fingerprint density at radius 2 is 1.88 bits per heavy atom. The highest BCUT2D eigenvalue weighted by molar-refractivity contribution is 6.00. The first kappa shape index (κ1) is 15.4. The van der Waals surface area contributed by atoms with Crippen LogP contribution in [-0.2, 0) is 12.8 Å². The third kappa shape index (κ3) is 3.13. The lowest BCUT2D eigenvalue weighted by Gasteiger charge is -2.10. The van der Waals surface area contributed by atoms with Crippen molar-refractivity contribution >= 4 is 5.78 Å².